The van der Waals surface area contributed by atoms with Crippen LogP contribution in [-0.2, 0) is 0 Å². The molecule has 9 atom stereocenters. The first kappa shape index (κ1) is 27.5. The molecular weight excluding hydrogens is 449 g/mol. The van der Waals surface area contributed by atoms with Crippen molar-refractivity contribution in [2.24, 2.45) is 45.3 Å². The van der Waals surface area contributed by atoms with E-state index in [-0.39, 0.29) is 40.6 Å². The van der Waals surface area contributed by atoms with Crippen LogP contribution in [0.3, 0.4) is 0 Å². The molecule has 0 unspecified atom stereocenters. The van der Waals surface area contributed by atoms with Crippen LogP contribution < -0.4 is 0 Å². The van der Waals surface area contributed by atoms with Crippen LogP contribution in [0.4, 0.5) is 13.2 Å². The van der Waals surface area contributed by atoms with Crippen LogP contribution in [0, 0.1) is 45.3 Å². The molecule has 0 aromatic carbocycles. The van der Waals surface area contributed by atoms with Crippen molar-refractivity contribution in [1.29, 1.82) is 0 Å². The molecule has 0 saturated heterocycles. The lowest BCUT2D eigenvalue weighted by Gasteiger charge is -2.64. The van der Waals surface area contributed by atoms with Crippen molar-refractivity contribution in [3.8, 4) is 0 Å². The number of allylic oxidation sites excluding steroid dienone is 1. The van der Waals surface area contributed by atoms with Gasteiger partial charge in [0.2, 0.25) is 0 Å². The lowest BCUT2D eigenvalue weighted by atomic mass is 9.41. The van der Waals surface area contributed by atoms with E-state index in [4.69, 9.17) is 0 Å². The summed E-state index contributed by atoms with van der Waals surface area (Å²) in [6.07, 6.45) is 4.57. The Labute approximate surface area is 211 Å². The van der Waals surface area contributed by atoms with E-state index in [0.29, 0.717) is 30.1 Å². The summed E-state index contributed by atoms with van der Waals surface area (Å²) < 4.78 is 40.9. The average molecular weight is 499 g/mol. The summed E-state index contributed by atoms with van der Waals surface area (Å²) in [4.78, 5) is 0. The van der Waals surface area contributed by atoms with E-state index in [9.17, 15) is 23.4 Å². The predicted molar refractivity (Wildman–Crippen MR) is 135 cm³/mol. The molecule has 4 aliphatic rings. The molecule has 35 heavy (non-hydrogen) atoms. The summed E-state index contributed by atoms with van der Waals surface area (Å²) in [5, 5.41) is 21.1. The number of fused-ring (bicyclic) bond motifs is 5. The van der Waals surface area contributed by atoms with Gasteiger partial charge < -0.3 is 10.2 Å². The van der Waals surface area contributed by atoms with Crippen molar-refractivity contribution >= 4 is 0 Å². The van der Waals surface area contributed by atoms with Gasteiger partial charge in [0.15, 0.2) is 5.60 Å². The van der Waals surface area contributed by atoms with Crippen LogP contribution >= 0.6 is 0 Å². The first-order valence-electron chi connectivity index (χ1n) is 14.1. The normalized spacial score (nSPS) is 45.7. The zero-order valence-corrected chi connectivity index (χ0v) is 23.1. The average Bonchev–Trinajstić information content (AvgIpc) is 3.09. The van der Waals surface area contributed by atoms with Crippen LogP contribution in [0.2, 0.25) is 0 Å². The maximum absolute atomic E-state index is 13.6. The molecule has 3 saturated carbocycles. The highest BCUT2D eigenvalue weighted by atomic mass is 19.4. The molecule has 4 rings (SSSR count). The largest absolute Gasteiger partial charge is 0.417 e. The van der Waals surface area contributed by atoms with E-state index < -0.39 is 11.8 Å². The van der Waals surface area contributed by atoms with Crippen LogP contribution in [0.25, 0.3) is 0 Å². The van der Waals surface area contributed by atoms with Gasteiger partial charge in [-0.15, -0.1) is 0 Å². The molecule has 0 heterocycles. The smallest absolute Gasteiger partial charge is 0.393 e. The molecule has 0 aliphatic heterocycles. The van der Waals surface area contributed by atoms with E-state index in [1.54, 1.807) is 0 Å². The Morgan fingerprint density at radius 1 is 0.943 bits per heavy atom. The van der Waals surface area contributed by atoms with Crippen molar-refractivity contribution in [3.05, 3.63) is 11.6 Å². The number of hydrogen-bond donors (Lipinski definition) is 2. The lowest BCUT2D eigenvalue weighted by molar-refractivity contribution is -0.272. The van der Waals surface area contributed by atoms with Crippen LogP contribution in [0.5, 0.6) is 0 Å². The lowest BCUT2D eigenvalue weighted by Crippen LogP contribution is -2.59. The van der Waals surface area contributed by atoms with Gasteiger partial charge in [0.05, 0.1) is 6.10 Å². The number of aliphatic hydroxyl groups excluding tert-OH is 1. The number of halogens is 3. The second kappa shape index (κ2) is 8.48. The van der Waals surface area contributed by atoms with E-state index in [0.717, 1.165) is 37.7 Å². The van der Waals surface area contributed by atoms with E-state index in [1.165, 1.54) is 12.8 Å². The maximum atomic E-state index is 13.6. The molecule has 202 valence electrons. The molecule has 0 aromatic rings. The monoisotopic (exact) mass is 498 g/mol. The second-order valence-electron chi connectivity index (χ2n) is 14.8. The fraction of sp³-hybridized carbons (Fsp3) is 0.933. The molecule has 0 aromatic heterocycles. The minimum Gasteiger partial charge on any atom is -0.393 e. The Balaban J connectivity index is 1.55. The Kier molecular flexibility index (Phi) is 6.66. The van der Waals surface area contributed by atoms with Crippen molar-refractivity contribution in [1.82, 2.24) is 0 Å². The predicted octanol–water partition coefficient (Wildman–Crippen LogP) is 8.07. The summed E-state index contributed by atoms with van der Waals surface area (Å²) in [7, 11) is 0. The van der Waals surface area contributed by atoms with Crippen LogP contribution in [0.1, 0.15) is 113 Å². The summed E-state index contributed by atoms with van der Waals surface area (Å²) in [5.74, 6) is 2.15. The SMILES string of the molecule is C[C@H](CC[C@H](O)C(C)(C)C)[C@H]1CC[C@@H]2[C@]1(C)CC[C@H]1[C@@]2(C)CC=C2C[C@](O)(C(F)(F)F)CC[C@@]21C. The highest BCUT2D eigenvalue weighted by Gasteiger charge is 2.66. The maximum Gasteiger partial charge on any atom is 0.417 e. The third-order valence-corrected chi connectivity index (χ3v) is 11.9. The number of alkyl halides is 3. The van der Waals surface area contributed by atoms with Gasteiger partial charge in [-0.05, 0) is 103 Å². The third kappa shape index (κ3) is 4.23. The Hall–Kier alpha value is -0.550. The topological polar surface area (TPSA) is 40.5 Å². The highest BCUT2D eigenvalue weighted by molar-refractivity contribution is 5.30. The van der Waals surface area contributed by atoms with Crippen molar-refractivity contribution in [3.63, 3.8) is 0 Å². The Morgan fingerprint density at radius 2 is 1.60 bits per heavy atom. The van der Waals surface area contributed by atoms with Crippen molar-refractivity contribution in [2.75, 3.05) is 0 Å². The molecule has 2 nitrogen and oxygen atoms in total. The van der Waals surface area contributed by atoms with E-state index in [1.807, 2.05) is 0 Å². The molecule has 5 heteroatoms. The number of rotatable bonds is 4. The van der Waals surface area contributed by atoms with Crippen LogP contribution in [-0.4, -0.2) is 28.1 Å². The molecule has 0 amide bonds. The molecule has 0 bridgehead atoms. The molecule has 4 aliphatic carbocycles. The molecular formula is C30H49F3O2. The van der Waals surface area contributed by atoms with Gasteiger partial charge in [-0.1, -0.05) is 60.1 Å². The first-order valence-corrected chi connectivity index (χ1v) is 14.1. The number of hydrogen-bond acceptors (Lipinski definition) is 2. The first-order chi connectivity index (χ1) is 15.9. The highest BCUT2D eigenvalue weighted by Crippen LogP contribution is 2.72. The molecule has 3 fully saturated rings. The minimum absolute atomic E-state index is 0.0901. The zero-order chi connectivity index (χ0) is 26.2. The number of aliphatic hydroxyl groups is 2. The summed E-state index contributed by atoms with van der Waals surface area (Å²) in [6, 6.07) is 0. The Morgan fingerprint density at radius 3 is 2.20 bits per heavy atom. The molecule has 2 N–H and O–H groups in total. The fourth-order valence-corrected chi connectivity index (χ4v) is 9.58. The second-order valence-corrected chi connectivity index (χ2v) is 14.8. The standard InChI is InChI=1S/C30H49F3O2/c1-19(8-11-24(34)25(2,3)4)21-9-10-22-27(21,6)15-13-23-26(5)16-17-29(35,30(31,32)33)18-20(26)12-14-28(22,23)7/h12,19,21-24,34-35H,8-11,13-18H2,1-7H3/t19-,21-,22-,23-,24+,26+,27-,28+,29+/m1/s1. The van der Waals surface area contributed by atoms with Gasteiger partial charge >= 0.3 is 6.18 Å². The van der Waals surface area contributed by atoms with Gasteiger partial charge in [-0.3, -0.25) is 0 Å². The minimum atomic E-state index is -4.57. The van der Waals surface area contributed by atoms with Gasteiger partial charge in [-0.2, -0.15) is 13.2 Å². The van der Waals surface area contributed by atoms with E-state index >= 15 is 0 Å². The van der Waals surface area contributed by atoms with Gasteiger partial charge in [0.25, 0.3) is 0 Å². The molecule has 0 radical (unpaired) electrons. The van der Waals surface area contributed by atoms with Crippen molar-refractivity contribution in [2.45, 2.75) is 131 Å². The van der Waals surface area contributed by atoms with Gasteiger partial charge in [-0.25, -0.2) is 0 Å². The van der Waals surface area contributed by atoms with E-state index in [2.05, 4.69) is 54.5 Å². The zero-order valence-electron chi connectivity index (χ0n) is 23.1. The quantitative estimate of drug-likeness (QED) is 0.385. The molecule has 0 spiro atoms. The summed E-state index contributed by atoms with van der Waals surface area (Å²) >= 11 is 0. The van der Waals surface area contributed by atoms with Gasteiger partial charge in [0.1, 0.15) is 0 Å². The summed E-state index contributed by atoms with van der Waals surface area (Å²) in [5.41, 5.74) is -1.70. The van der Waals surface area contributed by atoms with Crippen molar-refractivity contribution < 1.29 is 23.4 Å². The Bertz CT molecular complexity index is 844. The fourth-order valence-electron chi connectivity index (χ4n) is 9.58. The van der Waals surface area contributed by atoms with Gasteiger partial charge in [0, 0.05) is 6.42 Å². The third-order valence-electron chi connectivity index (χ3n) is 11.9. The summed E-state index contributed by atoms with van der Waals surface area (Å²) in [6.45, 7) is 15.8. The van der Waals surface area contributed by atoms with Crippen LogP contribution in [0.15, 0.2) is 11.6 Å².